The first-order valence-electron chi connectivity index (χ1n) is 15.4. The molecule has 0 radical (unpaired) electrons. The molecule has 1 heterocycles. The maximum atomic E-state index is 12.7. The van der Waals surface area contributed by atoms with Gasteiger partial charge in [-0.15, -0.1) is 0 Å². The lowest BCUT2D eigenvalue weighted by molar-refractivity contribution is -0.118. The van der Waals surface area contributed by atoms with E-state index in [1.54, 1.807) is 62.4 Å². The smallest absolute Gasteiger partial charge is 0.408 e. The fraction of sp³-hybridized carbons (Fsp3) is 0.167. The minimum Gasteiger partial charge on any atom is -0.445 e. The second-order valence-electron chi connectivity index (χ2n) is 11.0. The van der Waals surface area contributed by atoms with E-state index in [0.717, 1.165) is 22.3 Å². The van der Waals surface area contributed by atoms with Crippen LogP contribution < -0.4 is 21.3 Å². The minimum absolute atomic E-state index is 0.0970. The summed E-state index contributed by atoms with van der Waals surface area (Å²) in [6.07, 6.45) is -1.39. The quantitative estimate of drug-likeness (QED) is 0.114. The number of alkyl carbamates (subject to hydrolysis) is 2. The van der Waals surface area contributed by atoms with Gasteiger partial charge < -0.3 is 30.7 Å². The third-order valence-electron chi connectivity index (χ3n) is 7.28. The molecule has 13 nitrogen and oxygen atoms in total. The first kappa shape index (κ1) is 33.9. The summed E-state index contributed by atoms with van der Waals surface area (Å²) in [4.78, 5) is 49.6. The number of anilines is 2. The maximum absolute atomic E-state index is 12.7. The number of benzene rings is 4. The number of aromatic amines is 1. The van der Waals surface area contributed by atoms with Gasteiger partial charge in [0.25, 0.3) is 0 Å². The maximum Gasteiger partial charge on any atom is 0.408 e. The summed E-state index contributed by atoms with van der Waals surface area (Å²) >= 11 is 0. The summed E-state index contributed by atoms with van der Waals surface area (Å²) in [7, 11) is 0. The van der Waals surface area contributed by atoms with Crippen LogP contribution >= 0.6 is 0 Å². The average Bonchev–Trinajstić information content (AvgIpc) is 3.61. The summed E-state index contributed by atoms with van der Waals surface area (Å²) in [5.41, 5.74) is 5.38. The molecule has 0 unspecified atom stereocenters. The Labute approximate surface area is 282 Å². The van der Waals surface area contributed by atoms with Gasteiger partial charge in [0.15, 0.2) is 0 Å². The SMILES string of the molecule is C[C@H](NC(=O)OCc1ccccc1)C(=O)Nc1ccc(-c2n[nH]nc2-c2ccc(NC(=O)[C@H](C)NC(=O)OCc3ccccc3)cc2)cc1. The van der Waals surface area contributed by atoms with Gasteiger partial charge in [0.1, 0.15) is 36.7 Å². The third-order valence-corrected chi connectivity index (χ3v) is 7.28. The Morgan fingerprint density at radius 2 is 0.939 bits per heavy atom. The number of nitrogens with one attached hydrogen (secondary N) is 5. The van der Waals surface area contributed by atoms with Crippen molar-refractivity contribution in [1.82, 2.24) is 26.0 Å². The van der Waals surface area contributed by atoms with Gasteiger partial charge in [-0.05, 0) is 49.2 Å². The molecule has 250 valence electrons. The highest BCUT2D eigenvalue weighted by atomic mass is 16.6. The zero-order valence-corrected chi connectivity index (χ0v) is 26.8. The summed E-state index contributed by atoms with van der Waals surface area (Å²) in [6.45, 7) is 3.32. The fourth-order valence-corrected chi connectivity index (χ4v) is 4.57. The predicted molar refractivity (Wildman–Crippen MR) is 183 cm³/mol. The Hall–Kier alpha value is -6.50. The monoisotopic (exact) mass is 661 g/mol. The molecule has 0 spiro atoms. The van der Waals surface area contributed by atoms with Gasteiger partial charge in [-0.25, -0.2) is 9.59 Å². The lowest BCUT2D eigenvalue weighted by Crippen LogP contribution is -2.41. The molecule has 0 aliphatic heterocycles. The molecule has 5 N–H and O–H groups in total. The van der Waals surface area contributed by atoms with E-state index in [1.807, 2.05) is 60.7 Å². The summed E-state index contributed by atoms with van der Waals surface area (Å²) in [5.74, 6) is -0.821. The second-order valence-corrected chi connectivity index (χ2v) is 11.0. The van der Waals surface area contributed by atoms with Gasteiger partial charge in [-0.1, -0.05) is 84.9 Å². The fourth-order valence-electron chi connectivity index (χ4n) is 4.57. The van der Waals surface area contributed by atoms with E-state index in [1.165, 1.54) is 0 Å². The van der Waals surface area contributed by atoms with Crippen molar-refractivity contribution in [3.63, 3.8) is 0 Å². The molecule has 49 heavy (non-hydrogen) atoms. The number of amides is 4. The molecular weight excluding hydrogens is 626 g/mol. The van der Waals surface area contributed by atoms with Crippen molar-refractivity contribution in [1.29, 1.82) is 0 Å². The van der Waals surface area contributed by atoms with E-state index in [-0.39, 0.29) is 13.2 Å². The second kappa shape index (κ2) is 16.4. The van der Waals surface area contributed by atoms with Crippen LogP contribution in [0.15, 0.2) is 109 Å². The van der Waals surface area contributed by atoms with Crippen molar-refractivity contribution >= 4 is 35.4 Å². The van der Waals surface area contributed by atoms with E-state index in [2.05, 4.69) is 36.7 Å². The highest BCUT2D eigenvalue weighted by molar-refractivity contribution is 5.97. The highest BCUT2D eigenvalue weighted by Crippen LogP contribution is 2.30. The number of nitrogens with zero attached hydrogens (tertiary/aromatic N) is 2. The van der Waals surface area contributed by atoms with Gasteiger partial charge in [-0.3, -0.25) is 9.59 Å². The van der Waals surface area contributed by atoms with Crippen LogP contribution in [0.1, 0.15) is 25.0 Å². The molecule has 5 aromatic rings. The standard InChI is InChI=1S/C36H35N7O6/c1-23(37-35(46)48-21-25-9-5-3-6-10-25)33(44)39-29-17-13-27(14-18-29)31-32(42-43-41-31)28-15-19-30(20-16-28)40-34(45)24(2)38-36(47)49-22-26-11-7-4-8-12-26/h3-20,23-24H,21-22H2,1-2H3,(H,37,46)(H,38,47)(H,39,44)(H,40,45)(H,41,42,43)/t23-,24-/m0/s1. The zero-order chi connectivity index (χ0) is 34.6. The Morgan fingerprint density at radius 1 is 0.571 bits per heavy atom. The molecule has 5 rings (SSSR count). The van der Waals surface area contributed by atoms with Crippen LogP contribution in [0, 0.1) is 0 Å². The van der Waals surface area contributed by atoms with Crippen LogP contribution in [-0.2, 0) is 32.3 Å². The van der Waals surface area contributed by atoms with Gasteiger partial charge in [-0.2, -0.15) is 15.4 Å². The number of ether oxygens (including phenoxy) is 2. The normalized spacial score (nSPS) is 11.8. The number of carbonyl (C=O) groups excluding carboxylic acids is 4. The van der Waals surface area contributed by atoms with Crippen molar-refractivity contribution < 1.29 is 28.7 Å². The van der Waals surface area contributed by atoms with Crippen molar-refractivity contribution in [3.8, 4) is 22.5 Å². The molecule has 4 aromatic carbocycles. The molecule has 1 aromatic heterocycles. The molecule has 13 heteroatoms. The Balaban J connectivity index is 1.11. The molecule has 4 amide bonds. The highest BCUT2D eigenvalue weighted by Gasteiger charge is 2.19. The van der Waals surface area contributed by atoms with E-state index < -0.39 is 36.1 Å². The van der Waals surface area contributed by atoms with Crippen LogP contribution in [0.2, 0.25) is 0 Å². The Bertz CT molecular complexity index is 1730. The van der Waals surface area contributed by atoms with E-state index in [9.17, 15) is 19.2 Å². The topological polar surface area (TPSA) is 176 Å². The van der Waals surface area contributed by atoms with Gasteiger partial charge in [0.05, 0.1) is 0 Å². The molecule has 0 aliphatic carbocycles. The van der Waals surface area contributed by atoms with E-state index >= 15 is 0 Å². The lowest BCUT2D eigenvalue weighted by atomic mass is 10.0. The molecule has 0 fully saturated rings. The van der Waals surface area contributed by atoms with Crippen LogP contribution in [0.4, 0.5) is 21.0 Å². The van der Waals surface area contributed by atoms with Crippen molar-refractivity contribution in [2.45, 2.75) is 39.1 Å². The summed E-state index contributed by atoms with van der Waals surface area (Å²) in [5, 5.41) is 21.9. The largest absolute Gasteiger partial charge is 0.445 e. The molecule has 0 saturated carbocycles. The number of H-pyrrole nitrogens is 1. The Kier molecular flexibility index (Phi) is 11.3. The number of aromatic nitrogens is 3. The lowest BCUT2D eigenvalue weighted by Gasteiger charge is -2.15. The van der Waals surface area contributed by atoms with Gasteiger partial charge >= 0.3 is 12.2 Å². The van der Waals surface area contributed by atoms with Crippen LogP contribution in [0.5, 0.6) is 0 Å². The number of hydrogen-bond acceptors (Lipinski definition) is 8. The zero-order valence-electron chi connectivity index (χ0n) is 26.8. The van der Waals surface area contributed by atoms with Crippen molar-refractivity contribution in [2.75, 3.05) is 10.6 Å². The molecule has 2 atom stereocenters. The van der Waals surface area contributed by atoms with Crippen LogP contribution in [-0.4, -0.2) is 51.5 Å². The average molecular weight is 662 g/mol. The van der Waals surface area contributed by atoms with Crippen LogP contribution in [0.3, 0.4) is 0 Å². The van der Waals surface area contributed by atoms with Gasteiger partial charge in [0.2, 0.25) is 11.8 Å². The van der Waals surface area contributed by atoms with E-state index in [4.69, 9.17) is 9.47 Å². The first-order chi connectivity index (χ1) is 23.7. The summed E-state index contributed by atoms with van der Waals surface area (Å²) in [6, 6.07) is 30.8. The number of hydrogen-bond donors (Lipinski definition) is 5. The predicted octanol–water partition coefficient (Wildman–Crippen LogP) is 5.65. The van der Waals surface area contributed by atoms with Crippen LogP contribution in [0.25, 0.3) is 22.5 Å². The number of rotatable bonds is 12. The molecular formula is C36H35N7O6. The number of carbonyl (C=O) groups is 4. The molecule has 0 aliphatic rings. The third kappa shape index (κ3) is 9.75. The molecule has 0 bridgehead atoms. The minimum atomic E-state index is -0.834. The van der Waals surface area contributed by atoms with Crippen molar-refractivity contribution in [3.05, 3.63) is 120 Å². The Morgan fingerprint density at radius 3 is 1.31 bits per heavy atom. The summed E-state index contributed by atoms with van der Waals surface area (Å²) < 4.78 is 10.4. The van der Waals surface area contributed by atoms with Gasteiger partial charge in [0, 0.05) is 22.5 Å². The van der Waals surface area contributed by atoms with E-state index in [0.29, 0.717) is 22.8 Å². The van der Waals surface area contributed by atoms with Crippen molar-refractivity contribution in [2.24, 2.45) is 0 Å². The molecule has 0 saturated heterocycles. The first-order valence-corrected chi connectivity index (χ1v) is 15.4.